The number of ether oxygens (including phenoxy) is 1. The molecule has 0 aliphatic heterocycles. The van der Waals surface area contributed by atoms with Gasteiger partial charge in [-0.2, -0.15) is 5.10 Å². The van der Waals surface area contributed by atoms with E-state index in [4.69, 9.17) is 4.74 Å². The van der Waals surface area contributed by atoms with Gasteiger partial charge in [0.1, 0.15) is 23.4 Å². The van der Waals surface area contributed by atoms with E-state index in [2.05, 4.69) is 25.8 Å². The summed E-state index contributed by atoms with van der Waals surface area (Å²) in [5, 5.41) is 12.4. The molecule has 2 amide bonds. The van der Waals surface area contributed by atoms with Gasteiger partial charge in [-0.25, -0.2) is 9.37 Å². The molecule has 162 valence electrons. The molecule has 0 aliphatic carbocycles. The summed E-state index contributed by atoms with van der Waals surface area (Å²) in [6.07, 6.45) is 0. The van der Waals surface area contributed by atoms with Crippen LogP contribution in [-0.4, -0.2) is 40.1 Å². The van der Waals surface area contributed by atoms with E-state index in [1.807, 2.05) is 38.1 Å². The normalized spacial score (nSPS) is 11.8. The van der Waals surface area contributed by atoms with Crippen molar-refractivity contribution in [3.8, 4) is 17.1 Å². The third kappa shape index (κ3) is 5.65. The molecule has 0 spiro atoms. The van der Waals surface area contributed by atoms with Crippen LogP contribution in [-0.2, 0) is 11.3 Å². The molecule has 1 unspecified atom stereocenters. The summed E-state index contributed by atoms with van der Waals surface area (Å²) in [7, 11) is 1.59. The Bertz CT molecular complexity index is 1030. The largest absolute Gasteiger partial charge is 0.497 e. The number of amides is 2. The fourth-order valence-corrected chi connectivity index (χ4v) is 2.89. The lowest BCUT2D eigenvalue weighted by molar-refractivity contribution is -0.124. The second-order valence-electron chi connectivity index (χ2n) is 7.25. The number of aromatic nitrogens is 3. The smallest absolute Gasteiger partial charge is 0.251 e. The van der Waals surface area contributed by atoms with Crippen LogP contribution in [0.1, 0.15) is 30.0 Å². The topological polar surface area (TPSA) is 109 Å². The number of hydrogen-bond acceptors (Lipinski definition) is 5. The second kappa shape index (κ2) is 9.84. The van der Waals surface area contributed by atoms with Gasteiger partial charge in [0, 0.05) is 11.1 Å². The summed E-state index contributed by atoms with van der Waals surface area (Å²) in [5.74, 6) is 0.311. The van der Waals surface area contributed by atoms with Gasteiger partial charge in [0.05, 0.1) is 13.7 Å². The average molecular weight is 425 g/mol. The predicted octanol–water partition coefficient (Wildman–Crippen LogP) is 2.69. The van der Waals surface area contributed by atoms with Crippen molar-refractivity contribution in [2.24, 2.45) is 5.92 Å². The number of halogens is 1. The minimum absolute atomic E-state index is 0.123. The van der Waals surface area contributed by atoms with Gasteiger partial charge in [-0.3, -0.25) is 14.7 Å². The number of rotatable bonds is 8. The van der Waals surface area contributed by atoms with E-state index in [9.17, 15) is 14.0 Å². The van der Waals surface area contributed by atoms with Crippen molar-refractivity contribution in [3.05, 3.63) is 65.7 Å². The molecule has 0 radical (unpaired) electrons. The molecule has 1 heterocycles. The zero-order valence-electron chi connectivity index (χ0n) is 17.5. The van der Waals surface area contributed by atoms with Gasteiger partial charge in [0.25, 0.3) is 5.91 Å². The third-order valence-electron chi connectivity index (χ3n) is 4.65. The third-order valence-corrected chi connectivity index (χ3v) is 4.65. The zero-order chi connectivity index (χ0) is 22.4. The molecular weight excluding hydrogens is 401 g/mol. The summed E-state index contributed by atoms with van der Waals surface area (Å²) in [6, 6.07) is 11.7. The lowest BCUT2D eigenvalue weighted by atomic mass is 10.0. The monoisotopic (exact) mass is 425 g/mol. The minimum Gasteiger partial charge on any atom is -0.497 e. The minimum atomic E-state index is -0.762. The highest BCUT2D eigenvalue weighted by molar-refractivity contribution is 5.97. The Morgan fingerprint density at radius 1 is 1.10 bits per heavy atom. The fraction of sp³-hybridized carbons (Fsp3) is 0.273. The van der Waals surface area contributed by atoms with Gasteiger partial charge >= 0.3 is 0 Å². The van der Waals surface area contributed by atoms with Crippen molar-refractivity contribution in [3.63, 3.8) is 0 Å². The van der Waals surface area contributed by atoms with Crippen molar-refractivity contribution < 1.29 is 18.7 Å². The van der Waals surface area contributed by atoms with Gasteiger partial charge in [-0.1, -0.05) is 13.8 Å². The van der Waals surface area contributed by atoms with Crippen LogP contribution in [0.5, 0.6) is 5.75 Å². The predicted molar refractivity (Wildman–Crippen MR) is 113 cm³/mol. The van der Waals surface area contributed by atoms with Crippen molar-refractivity contribution >= 4 is 11.8 Å². The van der Waals surface area contributed by atoms with Crippen molar-refractivity contribution in [2.45, 2.75) is 26.4 Å². The van der Waals surface area contributed by atoms with Crippen LogP contribution < -0.4 is 15.4 Å². The van der Waals surface area contributed by atoms with Gasteiger partial charge < -0.3 is 15.4 Å². The van der Waals surface area contributed by atoms with Crippen LogP contribution in [0.25, 0.3) is 11.4 Å². The molecule has 0 fully saturated rings. The molecule has 1 aromatic heterocycles. The van der Waals surface area contributed by atoms with Crippen LogP contribution in [0.15, 0.2) is 48.5 Å². The number of benzene rings is 2. The number of H-pyrrole nitrogens is 1. The van der Waals surface area contributed by atoms with Crippen LogP contribution in [0.3, 0.4) is 0 Å². The second-order valence-corrected chi connectivity index (χ2v) is 7.25. The summed E-state index contributed by atoms with van der Waals surface area (Å²) in [6.45, 7) is 3.77. The van der Waals surface area contributed by atoms with E-state index < -0.39 is 17.8 Å². The van der Waals surface area contributed by atoms with E-state index in [0.29, 0.717) is 11.6 Å². The van der Waals surface area contributed by atoms with Crippen molar-refractivity contribution in [1.82, 2.24) is 25.8 Å². The van der Waals surface area contributed by atoms with Gasteiger partial charge in [-0.05, 0) is 54.4 Å². The van der Waals surface area contributed by atoms with E-state index in [1.54, 1.807) is 7.11 Å². The molecule has 3 N–H and O–H groups in total. The Morgan fingerprint density at radius 3 is 2.39 bits per heavy atom. The number of hydrogen-bond donors (Lipinski definition) is 3. The Morgan fingerprint density at radius 2 is 1.77 bits per heavy atom. The van der Waals surface area contributed by atoms with E-state index >= 15 is 0 Å². The van der Waals surface area contributed by atoms with E-state index in [0.717, 1.165) is 11.3 Å². The molecular formula is C22H24FN5O3. The lowest BCUT2D eigenvalue weighted by Crippen LogP contribution is -2.49. The number of carbonyl (C=O) groups excluding carboxylic acids is 2. The first kappa shape index (κ1) is 21.9. The van der Waals surface area contributed by atoms with Gasteiger partial charge in [-0.15, -0.1) is 0 Å². The molecule has 8 nitrogen and oxygen atoms in total. The lowest BCUT2D eigenvalue weighted by Gasteiger charge is -2.21. The number of carbonyl (C=O) groups is 2. The molecule has 0 aliphatic rings. The molecule has 31 heavy (non-hydrogen) atoms. The van der Waals surface area contributed by atoms with Crippen molar-refractivity contribution in [2.75, 3.05) is 7.11 Å². The van der Waals surface area contributed by atoms with E-state index in [-0.39, 0.29) is 23.9 Å². The van der Waals surface area contributed by atoms with Crippen molar-refractivity contribution in [1.29, 1.82) is 0 Å². The summed E-state index contributed by atoms with van der Waals surface area (Å²) < 4.78 is 18.2. The molecule has 0 saturated carbocycles. The van der Waals surface area contributed by atoms with Crippen LogP contribution >= 0.6 is 0 Å². The van der Waals surface area contributed by atoms with Crippen LogP contribution in [0.4, 0.5) is 4.39 Å². The highest BCUT2D eigenvalue weighted by Gasteiger charge is 2.24. The number of nitrogens with one attached hydrogen (secondary N) is 3. The molecule has 2 aromatic carbocycles. The summed E-state index contributed by atoms with van der Waals surface area (Å²) in [4.78, 5) is 29.5. The number of nitrogens with zero attached hydrogens (tertiary/aromatic N) is 2. The SMILES string of the molecule is COc1ccc(-c2n[nH]c(CNC(=O)C(NC(=O)c3ccc(F)cc3)C(C)C)n2)cc1. The Hall–Kier alpha value is -3.75. The molecule has 3 rings (SSSR count). The molecule has 0 saturated heterocycles. The standard InChI is InChI=1S/C22H24FN5O3/c1-13(2)19(26-21(29)15-4-8-16(23)9-5-15)22(30)24-12-18-25-20(28-27-18)14-6-10-17(31-3)11-7-14/h4-11,13,19H,12H2,1-3H3,(H,24,30)(H,26,29)(H,25,27,28). The molecule has 3 aromatic rings. The van der Waals surface area contributed by atoms with Crippen LogP contribution in [0.2, 0.25) is 0 Å². The maximum Gasteiger partial charge on any atom is 0.251 e. The first-order chi connectivity index (χ1) is 14.9. The fourth-order valence-electron chi connectivity index (χ4n) is 2.89. The Labute approximate surface area is 179 Å². The highest BCUT2D eigenvalue weighted by atomic mass is 19.1. The maximum absolute atomic E-state index is 13.1. The Kier molecular flexibility index (Phi) is 6.96. The Balaban J connectivity index is 1.60. The first-order valence-electron chi connectivity index (χ1n) is 9.77. The summed E-state index contributed by atoms with van der Waals surface area (Å²) in [5.41, 5.74) is 1.08. The van der Waals surface area contributed by atoms with Crippen LogP contribution in [0, 0.1) is 11.7 Å². The molecule has 0 bridgehead atoms. The quantitative estimate of drug-likeness (QED) is 0.514. The van der Waals surface area contributed by atoms with Gasteiger partial charge in [0.2, 0.25) is 5.91 Å². The number of aromatic amines is 1. The maximum atomic E-state index is 13.1. The average Bonchev–Trinajstić information content (AvgIpc) is 3.25. The molecule has 1 atom stereocenters. The zero-order valence-corrected chi connectivity index (χ0v) is 17.5. The summed E-state index contributed by atoms with van der Waals surface area (Å²) >= 11 is 0. The number of methoxy groups -OCH3 is 1. The highest BCUT2D eigenvalue weighted by Crippen LogP contribution is 2.19. The van der Waals surface area contributed by atoms with Gasteiger partial charge in [0.15, 0.2) is 5.82 Å². The molecule has 9 heteroatoms. The van der Waals surface area contributed by atoms with E-state index in [1.165, 1.54) is 24.3 Å². The first-order valence-corrected chi connectivity index (χ1v) is 9.77.